The van der Waals surface area contributed by atoms with Crippen LogP contribution in [-0.4, -0.2) is 62.9 Å². The molecule has 1 aliphatic rings. The molecule has 5 atom stereocenters. The molecule has 1 fully saturated rings. The fourth-order valence-corrected chi connectivity index (χ4v) is 4.63. The Balaban J connectivity index is 1.68. The minimum absolute atomic E-state index is 0.136. The highest BCUT2D eigenvalue weighted by atomic mass is 16.7. The molecule has 3 rings (SSSR count). The lowest BCUT2D eigenvalue weighted by atomic mass is 9.89. The van der Waals surface area contributed by atoms with Crippen LogP contribution < -0.4 is 9.64 Å². The predicted octanol–water partition coefficient (Wildman–Crippen LogP) is 4.88. The molecule has 2 aromatic rings. The van der Waals surface area contributed by atoms with E-state index in [1.54, 1.807) is 31.4 Å². The van der Waals surface area contributed by atoms with E-state index in [0.29, 0.717) is 24.3 Å². The Labute approximate surface area is 235 Å². The number of nitrogens with zero attached hydrogens (tertiary/aromatic N) is 1. The number of amides is 1. The van der Waals surface area contributed by atoms with E-state index in [9.17, 15) is 14.4 Å². The molecule has 2 aromatic carbocycles. The standard InChI is InChI=1S/C30H39NO9/c1-6-26-20(2)27(38-21(3)32)28(39-22(4)33)29(40-26)36-18-10-17-31(24-13-15-25(35-5)16-14-24)30(34)37-19-23-11-8-7-9-12-23/h7-9,11-16,20,26-29H,6,10,17-19H2,1-5H3/t20-,26-,27+,28-,29-/m1/s1. The van der Waals surface area contributed by atoms with Crippen LogP contribution in [0.3, 0.4) is 0 Å². The van der Waals surface area contributed by atoms with Gasteiger partial charge in [-0.25, -0.2) is 4.79 Å². The molecule has 218 valence electrons. The fraction of sp³-hybridized carbons (Fsp3) is 0.500. The summed E-state index contributed by atoms with van der Waals surface area (Å²) in [6, 6.07) is 16.5. The zero-order valence-corrected chi connectivity index (χ0v) is 23.7. The van der Waals surface area contributed by atoms with Gasteiger partial charge in [-0.05, 0) is 42.7 Å². The maximum absolute atomic E-state index is 13.1. The summed E-state index contributed by atoms with van der Waals surface area (Å²) in [5.41, 5.74) is 1.52. The largest absolute Gasteiger partial charge is 0.497 e. The lowest BCUT2D eigenvalue weighted by Gasteiger charge is -2.44. The van der Waals surface area contributed by atoms with Crippen molar-refractivity contribution in [1.29, 1.82) is 0 Å². The predicted molar refractivity (Wildman–Crippen MR) is 147 cm³/mol. The van der Waals surface area contributed by atoms with E-state index in [1.165, 1.54) is 18.7 Å². The maximum Gasteiger partial charge on any atom is 0.414 e. The second kappa shape index (κ2) is 15.2. The summed E-state index contributed by atoms with van der Waals surface area (Å²) in [6.07, 6.45) is -2.26. The third kappa shape index (κ3) is 8.69. The number of anilines is 1. The summed E-state index contributed by atoms with van der Waals surface area (Å²) in [6.45, 7) is 7.05. The van der Waals surface area contributed by atoms with Crippen molar-refractivity contribution in [3.8, 4) is 5.75 Å². The van der Waals surface area contributed by atoms with E-state index in [1.807, 2.05) is 44.2 Å². The van der Waals surface area contributed by atoms with E-state index >= 15 is 0 Å². The molecule has 10 heteroatoms. The van der Waals surface area contributed by atoms with Gasteiger partial charge in [0.15, 0.2) is 12.4 Å². The van der Waals surface area contributed by atoms with Gasteiger partial charge in [0, 0.05) is 32.0 Å². The highest BCUT2D eigenvalue weighted by molar-refractivity contribution is 5.87. The summed E-state index contributed by atoms with van der Waals surface area (Å²) in [4.78, 5) is 38.3. The lowest BCUT2D eigenvalue weighted by molar-refractivity contribution is -0.290. The quantitative estimate of drug-likeness (QED) is 0.205. The monoisotopic (exact) mass is 557 g/mol. The zero-order chi connectivity index (χ0) is 29.1. The van der Waals surface area contributed by atoms with Crippen molar-refractivity contribution in [2.24, 2.45) is 5.92 Å². The third-order valence-electron chi connectivity index (χ3n) is 6.63. The number of ether oxygens (including phenoxy) is 6. The summed E-state index contributed by atoms with van der Waals surface area (Å²) < 4.78 is 34.0. The first kappa shape index (κ1) is 30.9. The second-order valence-electron chi connectivity index (χ2n) is 9.57. The van der Waals surface area contributed by atoms with Gasteiger partial charge in [-0.2, -0.15) is 0 Å². The summed E-state index contributed by atoms with van der Waals surface area (Å²) in [7, 11) is 1.57. The number of esters is 2. The molecule has 0 N–H and O–H groups in total. The van der Waals surface area contributed by atoms with Crippen LogP contribution in [0.5, 0.6) is 5.75 Å². The van der Waals surface area contributed by atoms with Crippen LogP contribution in [0.1, 0.15) is 46.1 Å². The van der Waals surface area contributed by atoms with Crippen LogP contribution in [0, 0.1) is 5.92 Å². The van der Waals surface area contributed by atoms with Gasteiger partial charge >= 0.3 is 18.0 Å². The summed E-state index contributed by atoms with van der Waals surface area (Å²) in [5, 5.41) is 0. The first-order chi connectivity index (χ1) is 19.2. The van der Waals surface area contributed by atoms with Crippen molar-refractivity contribution in [2.75, 3.05) is 25.2 Å². The normalized spacial score (nSPS) is 22.2. The van der Waals surface area contributed by atoms with Gasteiger partial charge in [-0.1, -0.05) is 44.2 Å². The van der Waals surface area contributed by atoms with E-state index < -0.39 is 36.5 Å². The Morgan fingerprint density at radius 3 is 2.17 bits per heavy atom. The van der Waals surface area contributed by atoms with E-state index in [-0.39, 0.29) is 31.8 Å². The highest BCUT2D eigenvalue weighted by Crippen LogP contribution is 2.33. The first-order valence-corrected chi connectivity index (χ1v) is 13.5. The first-order valence-electron chi connectivity index (χ1n) is 13.5. The van der Waals surface area contributed by atoms with Crippen LogP contribution in [0.25, 0.3) is 0 Å². The minimum Gasteiger partial charge on any atom is -0.497 e. The Kier molecular flexibility index (Phi) is 11.8. The maximum atomic E-state index is 13.1. The summed E-state index contributed by atoms with van der Waals surface area (Å²) in [5.74, 6) is -0.553. The number of carbonyl (C=O) groups is 3. The minimum atomic E-state index is -0.936. The van der Waals surface area contributed by atoms with E-state index in [2.05, 4.69) is 0 Å². The van der Waals surface area contributed by atoms with Crippen molar-refractivity contribution in [3.63, 3.8) is 0 Å². The molecule has 10 nitrogen and oxygen atoms in total. The van der Waals surface area contributed by atoms with Gasteiger partial charge in [0.25, 0.3) is 0 Å². The van der Waals surface area contributed by atoms with Crippen LogP contribution in [0.15, 0.2) is 54.6 Å². The van der Waals surface area contributed by atoms with Crippen LogP contribution in [0.4, 0.5) is 10.5 Å². The highest BCUT2D eigenvalue weighted by Gasteiger charge is 2.47. The average Bonchev–Trinajstić information content (AvgIpc) is 2.95. The Hall–Kier alpha value is -3.63. The SMILES string of the molecule is CC[C@H]1O[C@@H](OCCCN(C(=O)OCc2ccccc2)c2ccc(OC)cc2)[C@H](OC(C)=O)[C@@H](OC(C)=O)[C@@H]1C. The van der Waals surface area contributed by atoms with Crippen LogP contribution in [0.2, 0.25) is 0 Å². The molecule has 0 spiro atoms. The van der Waals surface area contributed by atoms with Crippen molar-refractivity contribution >= 4 is 23.7 Å². The Morgan fingerprint density at radius 1 is 0.925 bits per heavy atom. The van der Waals surface area contributed by atoms with Gasteiger partial charge in [0.05, 0.1) is 19.8 Å². The molecular weight excluding hydrogens is 518 g/mol. The van der Waals surface area contributed by atoms with Crippen molar-refractivity contribution < 1.29 is 42.8 Å². The molecule has 0 radical (unpaired) electrons. The number of benzene rings is 2. The third-order valence-corrected chi connectivity index (χ3v) is 6.63. The van der Waals surface area contributed by atoms with Gasteiger partial charge in [-0.3, -0.25) is 14.5 Å². The number of carbonyl (C=O) groups excluding carboxylic acids is 3. The molecule has 1 aliphatic heterocycles. The molecule has 0 saturated carbocycles. The molecule has 1 heterocycles. The van der Waals surface area contributed by atoms with Crippen molar-refractivity contribution in [2.45, 2.75) is 71.7 Å². The topological polar surface area (TPSA) is 110 Å². The van der Waals surface area contributed by atoms with Crippen LogP contribution in [-0.2, 0) is 39.9 Å². The number of hydrogen-bond donors (Lipinski definition) is 0. The zero-order valence-electron chi connectivity index (χ0n) is 23.7. The average molecular weight is 558 g/mol. The number of methoxy groups -OCH3 is 1. The van der Waals surface area contributed by atoms with Gasteiger partial charge < -0.3 is 28.4 Å². The van der Waals surface area contributed by atoms with E-state index in [4.69, 9.17) is 28.4 Å². The Bertz CT molecular complexity index is 1090. The van der Waals surface area contributed by atoms with E-state index in [0.717, 1.165) is 5.56 Å². The van der Waals surface area contributed by atoms with Crippen LogP contribution >= 0.6 is 0 Å². The van der Waals surface area contributed by atoms with Gasteiger partial charge in [-0.15, -0.1) is 0 Å². The Morgan fingerprint density at radius 2 is 1.57 bits per heavy atom. The molecule has 0 aliphatic carbocycles. The molecule has 40 heavy (non-hydrogen) atoms. The molecule has 1 amide bonds. The molecule has 0 bridgehead atoms. The van der Waals surface area contributed by atoms with Crippen molar-refractivity contribution in [1.82, 2.24) is 0 Å². The molecule has 0 unspecified atom stereocenters. The number of hydrogen-bond acceptors (Lipinski definition) is 9. The van der Waals surface area contributed by atoms with Gasteiger partial charge in [0.2, 0.25) is 0 Å². The number of rotatable bonds is 12. The molecule has 1 saturated heterocycles. The fourth-order valence-electron chi connectivity index (χ4n) is 4.63. The molecular formula is C30H39NO9. The van der Waals surface area contributed by atoms with Gasteiger partial charge in [0.1, 0.15) is 18.5 Å². The summed E-state index contributed by atoms with van der Waals surface area (Å²) >= 11 is 0. The second-order valence-corrected chi connectivity index (χ2v) is 9.57. The molecule has 0 aromatic heterocycles. The van der Waals surface area contributed by atoms with Crippen molar-refractivity contribution in [3.05, 3.63) is 60.2 Å². The lowest BCUT2D eigenvalue weighted by Crippen LogP contribution is -2.57. The smallest absolute Gasteiger partial charge is 0.414 e.